The number of hydrogen-bond acceptors (Lipinski definition) is 3. The van der Waals surface area contributed by atoms with E-state index in [2.05, 4.69) is 5.32 Å². The normalized spacial score (nSPS) is 10.6. The van der Waals surface area contributed by atoms with Crippen LogP contribution in [0.25, 0.3) is 0 Å². The van der Waals surface area contributed by atoms with Crippen molar-refractivity contribution in [3.05, 3.63) is 35.4 Å². The minimum atomic E-state index is -0.0239. The second-order valence-electron chi connectivity index (χ2n) is 4.16. The molecule has 0 heterocycles. The van der Waals surface area contributed by atoms with Gasteiger partial charge in [-0.1, -0.05) is 24.3 Å². The van der Waals surface area contributed by atoms with Crippen LogP contribution in [-0.2, 0) is 11.3 Å². The summed E-state index contributed by atoms with van der Waals surface area (Å²) < 4.78 is 0. The standard InChI is InChI=1S/C13H20N2O2/c1-11-5-3-4-6-12(11)9-14-13(17)10-15(2)7-8-16/h3-6,16H,7-10H2,1-2H3,(H,14,17). The van der Waals surface area contributed by atoms with Crippen LogP contribution in [-0.4, -0.2) is 42.7 Å². The fraction of sp³-hybridized carbons (Fsp3) is 0.462. The summed E-state index contributed by atoms with van der Waals surface area (Å²) in [6.07, 6.45) is 0. The first-order valence-electron chi connectivity index (χ1n) is 5.74. The third kappa shape index (κ3) is 4.97. The molecule has 2 N–H and O–H groups in total. The molecule has 0 aliphatic carbocycles. The van der Waals surface area contributed by atoms with Crippen LogP contribution < -0.4 is 5.32 Å². The van der Waals surface area contributed by atoms with E-state index in [9.17, 15) is 4.79 Å². The largest absolute Gasteiger partial charge is 0.395 e. The molecule has 0 saturated carbocycles. The minimum Gasteiger partial charge on any atom is -0.395 e. The van der Waals surface area contributed by atoms with Gasteiger partial charge in [0.1, 0.15) is 0 Å². The number of carbonyl (C=O) groups is 1. The van der Waals surface area contributed by atoms with Crippen LogP contribution in [0.2, 0.25) is 0 Å². The number of aliphatic hydroxyl groups is 1. The van der Waals surface area contributed by atoms with Crippen molar-refractivity contribution in [1.29, 1.82) is 0 Å². The van der Waals surface area contributed by atoms with E-state index in [1.165, 1.54) is 5.56 Å². The maximum atomic E-state index is 11.6. The van der Waals surface area contributed by atoms with Crippen LogP contribution >= 0.6 is 0 Å². The average molecular weight is 236 g/mol. The summed E-state index contributed by atoms with van der Waals surface area (Å²) in [6.45, 7) is 3.48. The second kappa shape index (κ2) is 7.04. The Morgan fingerprint density at radius 2 is 2.12 bits per heavy atom. The predicted molar refractivity (Wildman–Crippen MR) is 67.6 cm³/mol. The molecular weight excluding hydrogens is 216 g/mol. The van der Waals surface area contributed by atoms with Crippen molar-refractivity contribution in [3.8, 4) is 0 Å². The van der Waals surface area contributed by atoms with Crippen LogP contribution in [0.1, 0.15) is 11.1 Å². The van der Waals surface area contributed by atoms with E-state index in [1.54, 1.807) is 4.90 Å². The first-order valence-corrected chi connectivity index (χ1v) is 5.74. The van der Waals surface area contributed by atoms with Gasteiger partial charge in [0.2, 0.25) is 5.91 Å². The molecule has 1 aromatic rings. The van der Waals surface area contributed by atoms with Crippen molar-refractivity contribution in [1.82, 2.24) is 10.2 Å². The molecule has 1 amide bonds. The zero-order valence-electron chi connectivity index (χ0n) is 10.4. The highest BCUT2D eigenvalue weighted by molar-refractivity contribution is 5.78. The lowest BCUT2D eigenvalue weighted by atomic mass is 10.1. The number of aliphatic hydroxyl groups excluding tert-OH is 1. The summed E-state index contributed by atoms with van der Waals surface area (Å²) >= 11 is 0. The lowest BCUT2D eigenvalue weighted by Crippen LogP contribution is -2.36. The third-order valence-electron chi connectivity index (χ3n) is 2.63. The highest BCUT2D eigenvalue weighted by atomic mass is 16.3. The molecule has 0 spiro atoms. The molecule has 17 heavy (non-hydrogen) atoms. The van der Waals surface area contributed by atoms with E-state index >= 15 is 0 Å². The maximum Gasteiger partial charge on any atom is 0.234 e. The van der Waals surface area contributed by atoms with Crippen LogP contribution in [0.3, 0.4) is 0 Å². The SMILES string of the molecule is Cc1ccccc1CNC(=O)CN(C)CCO. The molecule has 0 aliphatic heterocycles. The fourth-order valence-electron chi connectivity index (χ4n) is 1.55. The molecule has 0 saturated heterocycles. The van der Waals surface area contributed by atoms with Gasteiger partial charge in [-0.25, -0.2) is 0 Å². The van der Waals surface area contributed by atoms with Crippen molar-refractivity contribution >= 4 is 5.91 Å². The highest BCUT2D eigenvalue weighted by Crippen LogP contribution is 2.05. The summed E-state index contributed by atoms with van der Waals surface area (Å²) in [5, 5.41) is 11.6. The predicted octanol–water partition coefficient (Wildman–Crippen LogP) is 0.535. The zero-order chi connectivity index (χ0) is 12.7. The van der Waals surface area contributed by atoms with Gasteiger partial charge in [0.15, 0.2) is 0 Å². The number of likely N-dealkylation sites (N-methyl/N-ethyl adjacent to an activating group) is 1. The molecule has 94 valence electrons. The number of carbonyl (C=O) groups excluding carboxylic acids is 1. The molecule has 0 atom stereocenters. The van der Waals surface area contributed by atoms with Gasteiger partial charge in [0.05, 0.1) is 13.2 Å². The summed E-state index contributed by atoms with van der Waals surface area (Å²) in [4.78, 5) is 13.4. The van der Waals surface area contributed by atoms with Gasteiger partial charge in [-0.2, -0.15) is 0 Å². The fourth-order valence-corrected chi connectivity index (χ4v) is 1.55. The van der Waals surface area contributed by atoms with Crippen molar-refractivity contribution < 1.29 is 9.90 Å². The zero-order valence-corrected chi connectivity index (χ0v) is 10.4. The van der Waals surface area contributed by atoms with Crippen molar-refractivity contribution in [2.45, 2.75) is 13.5 Å². The van der Waals surface area contributed by atoms with Gasteiger partial charge in [-0.15, -0.1) is 0 Å². The van der Waals surface area contributed by atoms with E-state index in [0.29, 0.717) is 19.6 Å². The monoisotopic (exact) mass is 236 g/mol. The Balaban J connectivity index is 2.36. The van der Waals surface area contributed by atoms with E-state index in [-0.39, 0.29) is 12.5 Å². The van der Waals surface area contributed by atoms with Crippen LogP contribution in [0.5, 0.6) is 0 Å². The van der Waals surface area contributed by atoms with E-state index in [1.807, 2.05) is 38.2 Å². The van der Waals surface area contributed by atoms with Gasteiger partial charge < -0.3 is 10.4 Å². The molecule has 0 unspecified atom stereocenters. The molecule has 4 heteroatoms. The number of amides is 1. The summed E-state index contributed by atoms with van der Waals surface area (Å²) in [6, 6.07) is 7.98. The van der Waals surface area contributed by atoms with Crippen molar-refractivity contribution in [3.63, 3.8) is 0 Å². The van der Waals surface area contributed by atoms with E-state index in [4.69, 9.17) is 5.11 Å². The number of rotatable bonds is 6. The van der Waals surface area contributed by atoms with Gasteiger partial charge in [0.25, 0.3) is 0 Å². The first-order chi connectivity index (χ1) is 8.13. The topological polar surface area (TPSA) is 52.6 Å². The lowest BCUT2D eigenvalue weighted by molar-refractivity contribution is -0.122. The van der Waals surface area contributed by atoms with Crippen molar-refractivity contribution in [2.75, 3.05) is 26.7 Å². The first kappa shape index (κ1) is 13.7. The van der Waals surface area contributed by atoms with Gasteiger partial charge >= 0.3 is 0 Å². The minimum absolute atomic E-state index is 0.0239. The molecule has 1 aromatic carbocycles. The Morgan fingerprint density at radius 1 is 1.41 bits per heavy atom. The highest BCUT2D eigenvalue weighted by Gasteiger charge is 2.06. The number of nitrogens with zero attached hydrogens (tertiary/aromatic N) is 1. The van der Waals surface area contributed by atoms with Gasteiger partial charge in [-0.3, -0.25) is 9.69 Å². The Labute approximate surface area is 102 Å². The van der Waals surface area contributed by atoms with Gasteiger partial charge in [0, 0.05) is 13.1 Å². The number of hydrogen-bond donors (Lipinski definition) is 2. The Kier molecular flexibility index (Phi) is 5.66. The molecule has 0 bridgehead atoms. The van der Waals surface area contributed by atoms with Crippen LogP contribution in [0, 0.1) is 6.92 Å². The molecule has 4 nitrogen and oxygen atoms in total. The molecule has 0 aromatic heterocycles. The molecule has 0 fully saturated rings. The lowest BCUT2D eigenvalue weighted by Gasteiger charge is -2.15. The summed E-state index contributed by atoms with van der Waals surface area (Å²) in [7, 11) is 1.81. The number of aryl methyl sites for hydroxylation is 1. The van der Waals surface area contributed by atoms with Crippen LogP contribution in [0.15, 0.2) is 24.3 Å². The quantitative estimate of drug-likeness (QED) is 0.758. The Morgan fingerprint density at radius 3 is 2.76 bits per heavy atom. The van der Waals surface area contributed by atoms with Crippen LogP contribution in [0.4, 0.5) is 0 Å². The molecular formula is C13H20N2O2. The maximum absolute atomic E-state index is 11.6. The number of benzene rings is 1. The molecule has 1 rings (SSSR count). The second-order valence-corrected chi connectivity index (χ2v) is 4.16. The third-order valence-corrected chi connectivity index (χ3v) is 2.63. The summed E-state index contributed by atoms with van der Waals surface area (Å²) in [5.41, 5.74) is 2.31. The summed E-state index contributed by atoms with van der Waals surface area (Å²) in [5.74, 6) is -0.0239. The van der Waals surface area contributed by atoms with Gasteiger partial charge in [-0.05, 0) is 25.1 Å². The molecule has 0 aliphatic rings. The van der Waals surface area contributed by atoms with E-state index in [0.717, 1.165) is 5.56 Å². The van der Waals surface area contributed by atoms with E-state index < -0.39 is 0 Å². The Hall–Kier alpha value is -1.39. The Bertz CT molecular complexity index is 366. The average Bonchev–Trinajstić information content (AvgIpc) is 2.28. The molecule has 0 radical (unpaired) electrons. The van der Waals surface area contributed by atoms with Crippen molar-refractivity contribution in [2.24, 2.45) is 0 Å². The number of nitrogens with one attached hydrogen (secondary N) is 1. The smallest absolute Gasteiger partial charge is 0.234 e.